The first-order valence-electron chi connectivity index (χ1n) is 8.66. The second-order valence-electron chi connectivity index (χ2n) is 6.55. The summed E-state index contributed by atoms with van der Waals surface area (Å²) >= 11 is 7.35. The van der Waals surface area contributed by atoms with Gasteiger partial charge in [0.05, 0.1) is 17.4 Å². The summed E-state index contributed by atoms with van der Waals surface area (Å²) < 4.78 is 6.18. The Morgan fingerprint density at radius 3 is 2.78 bits per heavy atom. The van der Waals surface area contributed by atoms with Gasteiger partial charge in [-0.05, 0) is 5.56 Å². The zero-order chi connectivity index (χ0) is 19.0. The van der Waals surface area contributed by atoms with Crippen LogP contribution in [0.5, 0.6) is 0 Å². The highest BCUT2D eigenvalue weighted by molar-refractivity contribution is 7.15. The molecule has 1 fully saturated rings. The fourth-order valence-electron chi connectivity index (χ4n) is 3.92. The van der Waals surface area contributed by atoms with Crippen LogP contribution in [-0.2, 0) is 11.3 Å². The van der Waals surface area contributed by atoms with Gasteiger partial charge in [0.1, 0.15) is 6.23 Å². The molecule has 1 saturated heterocycles. The molecular formula is C18H19ClN4O3S. The van der Waals surface area contributed by atoms with Crippen LogP contribution < -0.4 is 0 Å². The van der Waals surface area contributed by atoms with Crippen LogP contribution in [0.2, 0.25) is 4.47 Å². The van der Waals surface area contributed by atoms with Crippen LogP contribution in [0.1, 0.15) is 22.8 Å². The minimum absolute atomic E-state index is 0.191. The van der Waals surface area contributed by atoms with Crippen molar-refractivity contribution < 1.29 is 9.66 Å². The summed E-state index contributed by atoms with van der Waals surface area (Å²) in [7, 11) is 1.66. The fraction of sp³-hybridized carbons (Fsp3) is 0.389. The van der Waals surface area contributed by atoms with Gasteiger partial charge in [-0.15, -0.1) is 11.3 Å². The summed E-state index contributed by atoms with van der Waals surface area (Å²) in [5, 5.41) is 12.1. The summed E-state index contributed by atoms with van der Waals surface area (Å²) in [6, 6.07) is 9.63. The van der Waals surface area contributed by atoms with Gasteiger partial charge in [0.2, 0.25) is 0 Å². The summed E-state index contributed by atoms with van der Waals surface area (Å²) in [5.74, 6) is 0.333. The van der Waals surface area contributed by atoms with E-state index in [2.05, 4.69) is 4.98 Å². The van der Waals surface area contributed by atoms with Crippen LogP contribution in [0.3, 0.4) is 0 Å². The number of benzene rings is 1. The van der Waals surface area contributed by atoms with E-state index in [-0.39, 0.29) is 22.8 Å². The first kappa shape index (κ1) is 18.2. The summed E-state index contributed by atoms with van der Waals surface area (Å²) in [5.41, 5.74) is 1.17. The Kier molecular flexibility index (Phi) is 5.03. The third-order valence-corrected chi connectivity index (χ3v) is 6.17. The number of thiazole rings is 1. The lowest BCUT2D eigenvalue weighted by molar-refractivity contribution is -0.436. The molecule has 4 rings (SSSR count). The second kappa shape index (κ2) is 7.46. The highest BCUT2D eigenvalue weighted by atomic mass is 35.5. The third kappa shape index (κ3) is 3.40. The largest absolute Gasteiger partial charge is 0.362 e. The van der Waals surface area contributed by atoms with Crippen molar-refractivity contribution in [2.45, 2.75) is 25.1 Å². The van der Waals surface area contributed by atoms with Gasteiger partial charge in [0.25, 0.3) is 5.70 Å². The molecule has 0 N–H and O–H groups in total. The van der Waals surface area contributed by atoms with Crippen LogP contribution in [0.15, 0.2) is 48.0 Å². The number of fused-ring (bicyclic) bond motifs is 1. The van der Waals surface area contributed by atoms with Crippen molar-refractivity contribution >= 4 is 22.9 Å². The zero-order valence-corrected chi connectivity index (χ0v) is 16.3. The van der Waals surface area contributed by atoms with E-state index in [1.165, 1.54) is 11.3 Å². The Morgan fingerprint density at radius 1 is 1.37 bits per heavy atom. The topological polar surface area (TPSA) is 71.7 Å². The highest BCUT2D eigenvalue weighted by Crippen LogP contribution is 2.42. The minimum atomic E-state index is -0.317. The van der Waals surface area contributed by atoms with Crippen LogP contribution in [-0.4, -0.2) is 46.1 Å². The first-order chi connectivity index (χ1) is 13.1. The number of halogens is 1. The monoisotopic (exact) mass is 406 g/mol. The molecule has 0 radical (unpaired) electrons. The van der Waals surface area contributed by atoms with Gasteiger partial charge in [0, 0.05) is 37.7 Å². The number of nitrogens with zero attached hydrogens (tertiary/aromatic N) is 4. The predicted molar refractivity (Wildman–Crippen MR) is 103 cm³/mol. The quantitative estimate of drug-likeness (QED) is 0.558. The van der Waals surface area contributed by atoms with E-state index in [0.717, 1.165) is 10.4 Å². The van der Waals surface area contributed by atoms with Crippen molar-refractivity contribution in [1.29, 1.82) is 0 Å². The molecule has 2 aromatic rings. The SMILES string of the molecule is COC1CC(c2ccccc2)C([N+](=O)[O-])=C2N(Cc3cnc(Cl)s3)CCN21. The van der Waals surface area contributed by atoms with Crippen LogP contribution >= 0.6 is 22.9 Å². The fourth-order valence-corrected chi connectivity index (χ4v) is 4.91. The normalized spacial score (nSPS) is 22.3. The van der Waals surface area contributed by atoms with Crippen molar-refractivity contribution in [2.75, 3.05) is 20.2 Å². The molecule has 3 heterocycles. The van der Waals surface area contributed by atoms with Crippen molar-refractivity contribution in [3.05, 3.63) is 73.1 Å². The summed E-state index contributed by atoms with van der Waals surface area (Å²) in [4.78, 5) is 21.0. The van der Waals surface area contributed by atoms with Gasteiger partial charge in [0.15, 0.2) is 10.3 Å². The van der Waals surface area contributed by atoms with Gasteiger partial charge in [-0.3, -0.25) is 10.1 Å². The molecule has 2 aliphatic rings. The lowest BCUT2D eigenvalue weighted by Crippen LogP contribution is -2.42. The maximum atomic E-state index is 12.1. The number of aromatic nitrogens is 1. The van der Waals surface area contributed by atoms with Crippen LogP contribution in [0, 0.1) is 10.1 Å². The van der Waals surface area contributed by atoms with Gasteiger partial charge < -0.3 is 14.5 Å². The molecule has 0 bridgehead atoms. The number of ether oxygens (including phenoxy) is 1. The highest BCUT2D eigenvalue weighted by Gasteiger charge is 2.47. The lowest BCUT2D eigenvalue weighted by atomic mass is 9.89. The van der Waals surface area contributed by atoms with Crippen molar-refractivity contribution in [2.24, 2.45) is 0 Å². The molecule has 1 aromatic carbocycles. The van der Waals surface area contributed by atoms with E-state index in [9.17, 15) is 10.1 Å². The molecule has 7 nitrogen and oxygen atoms in total. The third-order valence-electron chi connectivity index (χ3n) is 5.07. The summed E-state index contributed by atoms with van der Waals surface area (Å²) in [6.45, 7) is 1.94. The molecule has 2 unspecified atom stereocenters. The lowest BCUT2D eigenvalue weighted by Gasteiger charge is -2.37. The molecule has 142 valence electrons. The van der Waals surface area contributed by atoms with E-state index in [1.54, 1.807) is 13.3 Å². The molecule has 9 heteroatoms. The number of allylic oxidation sites excluding steroid dienone is 1. The Hall–Kier alpha value is -2.16. The van der Waals surface area contributed by atoms with Gasteiger partial charge in [-0.25, -0.2) is 4.98 Å². The minimum Gasteiger partial charge on any atom is -0.362 e. The van der Waals surface area contributed by atoms with E-state index in [0.29, 0.717) is 36.3 Å². The average molecular weight is 407 g/mol. The molecule has 0 amide bonds. The Bertz CT molecular complexity index is 873. The number of methoxy groups -OCH3 is 1. The molecule has 2 atom stereocenters. The number of rotatable bonds is 5. The van der Waals surface area contributed by atoms with Gasteiger partial charge in [-0.2, -0.15) is 0 Å². The van der Waals surface area contributed by atoms with Crippen molar-refractivity contribution in [1.82, 2.24) is 14.8 Å². The molecular weight excluding hydrogens is 388 g/mol. The van der Waals surface area contributed by atoms with E-state index in [4.69, 9.17) is 16.3 Å². The molecule has 1 aromatic heterocycles. The first-order valence-corrected chi connectivity index (χ1v) is 9.86. The van der Waals surface area contributed by atoms with Crippen LogP contribution in [0.4, 0.5) is 0 Å². The number of hydrogen-bond acceptors (Lipinski definition) is 7. The smallest absolute Gasteiger partial charge is 0.293 e. The zero-order valence-electron chi connectivity index (χ0n) is 14.7. The van der Waals surface area contributed by atoms with E-state index < -0.39 is 0 Å². The number of hydrogen-bond donors (Lipinski definition) is 0. The molecule has 0 spiro atoms. The summed E-state index contributed by atoms with van der Waals surface area (Å²) in [6.07, 6.45) is 2.09. The Balaban J connectivity index is 1.78. The van der Waals surface area contributed by atoms with Gasteiger partial charge >= 0.3 is 0 Å². The second-order valence-corrected chi connectivity index (χ2v) is 8.25. The van der Waals surface area contributed by atoms with E-state index >= 15 is 0 Å². The maximum Gasteiger partial charge on any atom is 0.293 e. The van der Waals surface area contributed by atoms with Crippen molar-refractivity contribution in [3.63, 3.8) is 0 Å². The molecule has 0 aliphatic carbocycles. The molecule has 27 heavy (non-hydrogen) atoms. The van der Waals surface area contributed by atoms with Crippen molar-refractivity contribution in [3.8, 4) is 0 Å². The Labute approximate surface area is 166 Å². The predicted octanol–water partition coefficient (Wildman–Crippen LogP) is 3.52. The maximum absolute atomic E-state index is 12.1. The Morgan fingerprint density at radius 2 is 2.15 bits per heavy atom. The molecule has 0 saturated carbocycles. The van der Waals surface area contributed by atoms with Crippen LogP contribution in [0.25, 0.3) is 0 Å². The molecule has 2 aliphatic heterocycles. The number of nitro groups is 1. The van der Waals surface area contributed by atoms with Gasteiger partial charge in [-0.1, -0.05) is 41.9 Å². The average Bonchev–Trinajstić information content (AvgIpc) is 3.27. The van der Waals surface area contributed by atoms with E-state index in [1.807, 2.05) is 40.1 Å². The standard InChI is InChI=1S/C18H19ClN4O3S/c1-26-15-9-14(12-5-3-2-4-6-12)16(23(24)25)17-21(7-8-22(15)17)11-13-10-20-18(19)27-13/h2-6,10,14-15H,7-9,11H2,1H3.